The Morgan fingerprint density at radius 1 is 1.42 bits per heavy atom. The van der Waals surface area contributed by atoms with Crippen LogP contribution < -0.4 is 10.6 Å². The average molecular weight is 265 g/mol. The Morgan fingerprint density at radius 3 is 2.79 bits per heavy atom. The molecule has 0 amide bonds. The van der Waals surface area contributed by atoms with Crippen LogP contribution in [-0.2, 0) is 6.42 Å². The fourth-order valence-electron chi connectivity index (χ4n) is 2.61. The Morgan fingerprint density at radius 2 is 2.16 bits per heavy atom. The molecule has 1 aromatic heterocycles. The van der Waals surface area contributed by atoms with Crippen LogP contribution in [0, 0.1) is 0 Å². The second-order valence-corrected chi connectivity index (χ2v) is 6.11. The van der Waals surface area contributed by atoms with E-state index in [9.17, 15) is 0 Å². The van der Waals surface area contributed by atoms with Crippen molar-refractivity contribution < 1.29 is 4.42 Å². The Bertz CT molecular complexity index is 355. The van der Waals surface area contributed by atoms with Gasteiger partial charge in [-0.15, -0.1) is 0 Å². The number of furan rings is 1. The number of rotatable bonds is 6. The Balaban J connectivity index is 1.76. The van der Waals surface area contributed by atoms with Crippen molar-refractivity contribution in [1.29, 1.82) is 0 Å². The number of nitrogens with one attached hydrogen (secondary N) is 2. The summed E-state index contributed by atoms with van der Waals surface area (Å²) in [5.74, 6) is 1.06. The molecule has 0 radical (unpaired) electrons. The van der Waals surface area contributed by atoms with E-state index in [0.29, 0.717) is 6.04 Å². The van der Waals surface area contributed by atoms with Gasteiger partial charge in [0, 0.05) is 50.7 Å². The van der Waals surface area contributed by atoms with Gasteiger partial charge >= 0.3 is 0 Å². The van der Waals surface area contributed by atoms with Crippen molar-refractivity contribution in [2.24, 2.45) is 0 Å². The molecule has 1 saturated heterocycles. The second-order valence-electron chi connectivity index (χ2n) is 6.11. The molecule has 0 aromatic carbocycles. The third-order valence-electron chi connectivity index (χ3n) is 3.94. The zero-order valence-corrected chi connectivity index (χ0v) is 12.4. The van der Waals surface area contributed by atoms with Gasteiger partial charge in [-0.1, -0.05) is 0 Å². The Hall–Kier alpha value is -0.840. The fraction of sp³-hybridized carbons (Fsp3) is 0.733. The topological polar surface area (TPSA) is 40.4 Å². The van der Waals surface area contributed by atoms with Crippen molar-refractivity contribution in [3.05, 3.63) is 24.2 Å². The minimum absolute atomic E-state index is 0.208. The molecule has 2 N–H and O–H groups in total. The first-order chi connectivity index (χ1) is 9.08. The maximum Gasteiger partial charge on any atom is 0.105 e. The molecular formula is C15H27N3O. The summed E-state index contributed by atoms with van der Waals surface area (Å²) in [5, 5.41) is 7.04. The molecule has 1 unspecified atom stereocenters. The number of nitrogens with zero attached hydrogens (tertiary/aromatic N) is 1. The van der Waals surface area contributed by atoms with Crippen molar-refractivity contribution in [1.82, 2.24) is 15.5 Å². The van der Waals surface area contributed by atoms with Gasteiger partial charge in [0.25, 0.3) is 0 Å². The lowest BCUT2D eigenvalue weighted by Gasteiger charge is -2.42. The molecule has 1 aliphatic rings. The zero-order chi connectivity index (χ0) is 13.7. The first-order valence-electron chi connectivity index (χ1n) is 7.29. The average Bonchev–Trinajstić information content (AvgIpc) is 2.90. The van der Waals surface area contributed by atoms with Crippen LogP contribution in [-0.4, -0.2) is 49.2 Å². The Labute approximate surface area is 116 Å². The van der Waals surface area contributed by atoms with E-state index >= 15 is 0 Å². The highest BCUT2D eigenvalue weighted by atomic mass is 16.3. The summed E-state index contributed by atoms with van der Waals surface area (Å²) in [6.45, 7) is 12.4. The molecule has 0 bridgehead atoms. The standard InChI is InChI=1S/C15H27N3O/c1-13(11-14-5-4-10-19-14)17-12-15(2,3)18-8-6-16-7-9-18/h4-5,10,13,16-17H,6-9,11-12H2,1-3H3. The van der Waals surface area contributed by atoms with Crippen LogP contribution in [0.2, 0.25) is 0 Å². The predicted molar refractivity (Wildman–Crippen MR) is 78.4 cm³/mol. The summed E-state index contributed by atoms with van der Waals surface area (Å²) in [4.78, 5) is 2.57. The van der Waals surface area contributed by atoms with E-state index in [1.165, 1.54) is 0 Å². The predicted octanol–water partition coefficient (Wildman–Crippen LogP) is 1.48. The lowest BCUT2D eigenvalue weighted by molar-refractivity contribution is 0.0997. The molecule has 2 rings (SSSR count). The van der Waals surface area contributed by atoms with Crippen LogP contribution >= 0.6 is 0 Å². The van der Waals surface area contributed by atoms with Gasteiger partial charge in [0.15, 0.2) is 0 Å². The normalized spacial score (nSPS) is 19.5. The summed E-state index contributed by atoms with van der Waals surface area (Å²) < 4.78 is 5.39. The SMILES string of the molecule is CC(Cc1ccco1)NCC(C)(C)N1CCNCC1. The van der Waals surface area contributed by atoms with Crippen molar-refractivity contribution in [3.8, 4) is 0 Å². The van der Waals surface area contributed by atoms with Crippen LogP contribution in [0.4, 0.5) is 0 Å². The molecule has 4 heteroatoms. The third-order valence-corrected chi connectivity index (χ3v) is 3.94. The van der Waals surface area contributed by atoms with E-state index in [4.69, 9.17) is 4.42 Å². The number of hydrogen-bond donors (Lipinski definition) is 2. The van der Waals surface area contributed by atoms with Crippen molar-refractivity contribution >= 4 is 0 Å². The van der Waals surface area contributed by atoms with Gasteiger partial charge in [-0.05, 0) is 32.9 Å². The van der Waals surface area contributed by atoms with Gasteiger partial charge in [0.2, 0.25) is 0 Å². The maximum atomic E-state index is 5.39. The number of hydrogen-bond acceptors (Lipinski definition) is 4. The highest BCUT2D eigenvalue weighted by molar-refractivity contribution is 5.00. The molecule has 0 aliphatic carbocycles. The third kappa shape index (κ3) is 4.34. The molecule has 0 saturated carbocycles. The largest absolute Gasteiger partial charge is 0.469 e. The molecule has 2 heterocycles. The summed E-state index contributed by atoms with van der Waals surface area (Å²) in [6.07, 6.45) is 2.69. The van der Waals surface area contributed by atoms with Crippen LogP contribution in [0.25, 0.3) is 0 Å². The fourth-order valence-corrected chi connectivity index (χ4v) is 2.61. The minimum atomic E-state index is 0.208. The van der Waals surface area contributed by atoms with Crippen LogP contribution in [0.3, 0.4) is 0 Å². The highest BCUT2D eigenvalue weighted by Crippen LogP contribution is 2.14. The molecule has 0 spiro atoms. The molecule has 4 nitrogen and oxygen atoms in total. The van der Waals surface area contributed by atoms with Crippen molar-refractivity contribution in [3.63, 3.8) is 0 Å². The summed E-state index contributed by atoms with van der Waals surface area (Å²) in [5.41, 5.74) is 0.208. The van der Waals surface area contributed by atoms with Gasteiger partial charge in [-0.3, -0.25) is 4.90 Å². The van der Waals surface area contributed by atoms with Crippen LogP contribution in [0.1, 0.15) is 26.5 Å². The monoisotopic (exact) mass is 265 g/mol. The molecule has 108 valence electrons. The van der Waals surface area contributed by atoms with E-state index in [1.54, 1.807) is 6.26 Å². The molecule has 1 aromatic rings. The molecule has 1 fully saturated rings. The first kappa shape index (κ1) is 14.6. The molecule has 1 aliphatic heterocycles. The second kappa shape index (κ2) is 6.55. The molecular weight excluding hydrogens is 238 g/mol. The van der Waals surface area contributed by atoms with Gasteiger partial charge in [0.05, 0.1) is 6.26 Å². The minimum Gasteiger partial charge on any atom is -0.469 e. The van der Waals surface area contributed by atoms with Crippen molar-refractivity contribution in [2.45, 2.75) is 38.8 Å². The summed E-state index contributed by atoms with van der Waals surface area (Å²) in [6, 6.07) is 4.43. The van der Waals surface area contributed by atoms with E-state index in [-0.39, 0.29) is 5.54 Å². The van der Waals surface area contributed by atoms with E-state index in [2.05, 4.69) is 36.3 Å². The molecule has 1 atom stereocenters. The van der Waals surface area contributed by atoms with Gasteiger partial charge < -0.3 is 15.1 Å². The van der Waals surface area contributed by atoms with Crippen molar-refractivity contribution in [2.75, 3.05) is 32.7 Å². The molecule has 19 heavy (non-hydrogen) atoms. The van der Waals surface area contributed by atoms with E-state index in [1.807, 2.05) is 12.1 Å². The van der Waals surface area contributed by atoms with E-state index < -0.39 is 0 Å². The summed E-state index contributed by atoms with van der Waals surface area (Å²) in [7, 11) is 0. The maximum absolute atomic E-state index is 5.39. The first-order valence-corrected chi connectivity index (χ1v) is 7.29. The van der Waals surface area contributed by atoms with Gasteiger partial charge in [0.1, 0.15) is 5.76 Å². The quantitative estimate of drug-likeness (QED) is 0.817. The zero-order valence-electron chi connectivity index (χ0n) is 12.4. The lowest BCUT2D eigenvalue weighted by atomic mass is 10.0. The summed E-state index contributed by atoms with van der Waals surface area (Å²) >= 11 is 0. The lowest BCUT2D eigenvalue weighted by Crippen LogP contribution is -2.58. The van der Waals surface area contributed by atoms with Crippen LogP contribution in [0.15, 0.2) is 22.8 Å². The Kier molecular flexibility index (Phi) is 5.02. The van der Waals surface area contributed by atoms with E-state index in [0.717, 1.165) is 44.9 Å². The van der Waals surface area contributed by atoms with Crippen LogP contribution in [0.5, 0.6) is 0 Å². The smallest absolute Gasteiger partial charge is 0.105 e. The number of piperazine rings is 1. The highest BCUT2D eigenvalue weighted by Gasteiger charge is 2.27. The van der Waals surface area contributed by atoms with Gasteiger partial charge in [-0.2, -0.15) is 0 Å². The van der Waals surface area contributed by atoms with Gasteiger partial charge in [-0.25, -0.2) is 0 Å².